The van der Waals surface area contributed by atoms with E-state index < -0.39 is 18.2 Å². The Bertz CT molecular complexity index is 347. The largest absolute Gasteiger partial charge is 0.399 e. The molecule has 1 heterocycles. The van der Waals surface area contributed by atoms with Gasteiger partial charge in [0.2, 0.25) is 0 Å². The first-order chi connectivity index (χ1) is 6.80. The SMILES string of the molecule is CC(C)(c1ncccc1CO)C(F)(F)F. The van der Waals surface area contributed by atoms with Crippen LogP contribution in [-0.2, 0) is 12.0 Å². The van der Waals surface area contributed by atoms with E-state index in [4.69, 9.17) is 5.11 Å². The zero-order valence-electron chi connectivity index (χ0n) is 8.47. The normalized spacial score (nSPS) is 12.9. The summed E-state index contributed by atoms with van der Waals surface area (Å²) in [5.41, 5.74) is -1.97. The predicted octanol–water partition coefficient (Wildman–Crippen LogP) is 2.41. The van der Waals surface area contributed by atoms with Crippen molar-refractivity contribution in [2.45, 2.75) is 32.0 Å². The number of aliphatic hydroxyl groups excluding tert-OH is 1. The Morgan fingerprint density at radius 3 is 2.40 bits per heavy atom. The Kier molecular flexibility index (Phi) is 3.04. The van der Waals surface area contributed by atoms with Crippen molar-refractivity contribution in [2.75, 3.05) is 0 Å². The van der Waals surface area contributed by atoms with Gasteiger partial charge in [0, 0.05) is 6.20 Å². The van der Waals surface area contributed by atoms with Crippen LogP contribution in [0.5, 0.6) is 0 Å². The van der Waals surface area contributed by atoms with Crippen molar-refractivity contribution in [3.63, 3.8) is 0 Å². The van der Waals surface area contributed by atoms with Gasteiger partial charge in [-0.05, 0) is 25.5 Å². The maximum absolute atomic E-state index is 12.7. The van der Waals surface area contributed by atoms with Gasteiger partial charge in [-0.2, -0.15) is 13.2 Å². The summed E-state index contributed by atoms with van der Waals surface area (Å²) < 4.78 is 38.1. The van der Waals surface area contributed by atoms with Gasteiger partial charge < -0.3 is 5.11 Å². The van der Waals surface area contributed by atoms with Gasteiger partial charge in [0.05, 0.1) is 12.3 Å². The molecule has 84 valence electrons. The summed E-state index contributed by atoms with van der Waals surface area (Å²) in [6.45, 7) is 1.66. The highest BCUT2D eigenvalue weighted by molar-refractivity contribution is 5.27. The fourth-order valence-corrected chi connectivity index (χ4v) is 1.26. The van der Waals surface area contributed by atoms with Gasteiger partial charge in [-0.25, -0.2) is 0 Å². The maximum Gasteiger partial charge on any atom is 0.399 e. The Morgan fingerprint density at radius 2 is 1.93 bits per heavy atom. The van der Waals surface area contributed by atoms with Gasteiger partial charge in [-0.1, -0.05) is 6.07 Å². The lowest BCUT2D eigenvalue weighted by atomic mass is 9.85. The first-order valence-corrected chi connectivity index (χ1v) is 4.42. The van der Waals surface area contributed by atoms with Crippen LogP contribution < -0.4 is 0 Å². The predicted molar refractivity (Wildman–Crippen MR) is 49.2 cm³/mol. The number of halogens is 3. The van der Waals surface area contributed by atoms with E-state index in [1.807, 2.05) is 0 Å². The van der Waals surface area contributed by atoms with E-state index >= 15 is 0 Å². The van der Waals surface area contributed by atoms with Crippen molar-refractivity contribution in [2.24, 2.45) is 0 Å². The highest BCUT2D eigenvalue weighted by atomic mass is 19.4. The molecule has 0 amide bonds. The van der Waals surface area contributed by atoms with Crippen molar-refractivity contribution < 1.29 is 18.3 Å². The smallest absolute Gasteiger partial charge is 0.392 e. The molecule has 0 spiro atoms. The molecule has 0 aliphatic heterocycles. The fourth-order valence-electron chi connectivity index (χ4n) is 1.26. The summed E-state index contributed by atoms with van der Waals surface area (Å²) in [7, 11) is 0. The number of hydrogen-bond donors (Lipinski definition) is 1. The zero-order chi connectivity index (χ0) is 11.7. The molecular weight excluding hydrogens is 207 g/mol. The van der Waals surface area contributed by atoms with Crippen LogP contribution in [0.15, 0.2) is 18.3 Å². The van der Waals surface area contributed by atoms with Gasteiger partial charge in [0.25, 0.3) is 0 Å². The molecule has 1 rings (SSSR count). The minimum absolute atomic E-state index is 0.125. The molecule has 0 unspecified atom stereocenters. The second kappa shape index (κ2) is 3.81. The van der Waals surface area contributed by atoms with E-state index in [1.165, 1.54) is 18.3 Å². The molecule has 1 aromatic heterocycles. The molecule has 5 heteroatoms. The van der Waals surface area contributed by atoms with Crippen LogP contribution in [-0.4, -0.2) is 16.3 Å². The zero-order valence-corrected chi connectivity index (χ0v) is 8.47. The van der Waals surface area contributed by atoms with Crippen LogP contribution in [0.3, 0.4) is 0 Å². The Labute approximate surface area is 85.8 Å². The van der Waals surface area contributed by atoms with Crippen LogP contribution in [0.1, 0.15) is 25.1 Å². The summed E-state index contributed by atoms with van der Waals surface area (Å²) >= 11 is 0. The lowest BCUT2D eigenvalue weighted by Crippen LogP contribution is -2.38. The molecular formula is C10H12F3NO. The fraction of sp³-hybridized carbons (Fsp3) is 0.500. The minimum Gasteiger partial charge on any atom is -0.392 e. The van der Waals surface area contributed by atoms with E-state index in [-0.39, 0.29) is 11.3 Å². The quantitative estimate of drug-likeness (QED) is 0.828. The van der Waals surface area contributed by atoms with Crippen LogP contribution in [0.4, 0.5) is 13.2 Å². The monoisotopic (exact) mass is 219 g/mol. The van der Waals surface area contributed by atoms with Gasteiger partial charge in [0.15, 0.2) is 0 Å². The number of rotatable bonds is 2. The Morgan fingerprint density at radius 1 is 1.33 bits per heavy atom. The van der Waals surface area contributed by atoms with E-state index in [0.29, 0.717) is 0 Å². The lowest BCUT2D eigenvalue weighted by molar-refractivity contribution is -0.181. The first kappa shape index (κ1) is 12.0. The third kappa shape index (κ3) is 2.12. The molecule has 2 nitrogen and oxygen atoms in total. The number of aliphatic hydroxyl groups is 1. The van der Waals surface area contributed by atoms with E-state index in [0.717, 1.165) is 13.8 Å². The van der Waals surface area contributed by atoms with Crippen molar-refractivity contribution in [3.8, 4) is 0 Å². The highest BCUT2D eigenvalue weighted by Gasteiger charge is 2.50. The second-order valence-electron chi connectivity index (χ2n) is 3.79. The molecule has 1 aromatic rings. The molecule has 0 saturated carbocycles. The number of hydrogen-bond acceptors (Lipinski definition) is 2. The van der Waals surface area contributed by atoms with Crippen LogP contribution >= 0.6 is 0 Å². The van der Waals surface area contributed by atoms with Crippen molar-refractivity contribution in [1.29, 1.82) is 0 Å². The molecule has 0 aliphatic carbocycles. The summed E-state index contributed by atoms with van der Waals surface area (Å²) in [5.74, 6) is 0. The number of nitrogens with zero attached hydrogens (tertiary/aromatic N) is 1. The third-order valence-corrected chi connectivity index (χ3v) is 2.36. The van der Waals surface area contributed by atoms with E-state index in [2.05, 4.69) is 4.98 Å². The molecule has 0 fully saturated rings. The van der Waals surface area contributed by atoms with Gasteiger partial charge in [-0.3, -0.25) is 4.98 Å². The standard InChI is InChI=1S/C10H12F3NO/c1-9(2,10(11,12)13)8-7(6-15)4-3-5-14-8/h3-5,15H,6H2,1-2H3. The van der Waals surface area contributed by atoms with Crippen LogP contribution in [0.2, 0.25) is 0 Å². The minimum atomic E-state index is -4.38. The summed E-state index contributed by atoms with van der Waals surface area (Å²) in [4.78, 5) is 3.71. The lowest BCUT2D eigenvalue weighted by Gasteiger charge is -2.28. The van der Waals surface area contributed by atoms with Crippen molar-refractivity contribution in [3.05, 3.63) is 29.6 Å². The highest BCUT2D eigenvalue weighted by Crippen LogP contribution is 2.40. The van der Waals surface area contributed by atoms with Gasteiger partial charge >= 0.3 is 6.18 Å². The molecule has 15 heavy (non-hydrogen) atoms. The number of pyridine rings is 1. The molecule has 1 N–H and O–H groups in total. The molecule has 0 bridgehead atoms. The first-order valence-electron chi connectivity index (χ1n) is 4.42. The Balaban J connectivity index is 3.26. The van der Waals surface area contributed by atoms with Gasteiger partial charge in [0.1, 0.15) is 5.41 Å². The summed E-state index contributed by atoms with van der Waals surface area (Å²) in [6.07, 6.45) is -3.09. The topological polar surface area (TPSA) is 33.1 Å². The maximum atomic E-state index is 12.7. The van der Waals surface area contributed by atoms with Crippen LogP contribution in [0, 0.1) is 0 Å². The summed E-state index contributed by atoms with van der Waals surface area (Å²) in [5, 5.41) is 8.94. The number of alkyl halides is 3. The second-order valence-corrected chi connectivity index (χ2v) is 3.79. The average Bonchev–Trinajstić information content (AvgIpc) is 2.16. The van der Waals surface area contributed by atoms with Crippen molar-refractivity contribution >= 4 is 0 Å². The number of aromatic nitrogens is 1. The van der Waals surface area contributed by atoms with E-state index in [1.54, 1.807) is 0 Å². The van der Waals surface area contributed by atoms with Crippen molar-refractivity contribution in [1.82, 2.24) is 4.98 Å². The van der Waals surface area contributed by atoms with Gasteiger partial charge in [-0.15, -0.1) is 0 Å². The van der Waals surface area contributed by atoms with Crippen LogP contribution in [0.25, 0.3) is 0 Å². The molecule has 0 aliphatic rings. The molecule has 0 atom stereocenters. The molecule has 0 radical (unpaired) electrons. The van der Waals surface area contributed by atoms with E-state index in [9.17, 15) is 13.2 Å². The summed E-state index contributed by atoms with van der Waals surface area (Å²) in [6, 6.07) is 2.94. The average molecular weight is 219 g/mol. The third-order valence-electron chi connectivity index (χ3n) is 2.36. The Hall–Kier alpha value is -1.10. The molecule has 0 aromatic carbocycles. The molecule has 0 saturated heterocycles.